The van der Waals surface area contributed by atoms with Gasteiger partial charge in [-0.2, -0.15) is 0 Å². The molecule has 4 rings (SSSR count). The molecule has 2 aromatic carbocycles. The van der Waals surface area contributed by atoms with Gasteiger partial charge >= 0.3 is 11.9 Å². The first-order valence-electron chi connectivity index (χ1n) is 16.0. The molecule has 0 radical (unpaired) electrons. The summed E-state index contributed by atoms with van der Waals surface area (Å²) in [5.74, 6) is -1.89. The van der Waals surface area contributed by atoms with Gasteiger partial charge in [0.05, 0.1) is 29.5 Å². The molecule has 5 N–H and O–H groups in total. The minimum atomic E-state index is -3.90. The maximum atomic E-state index is 13.2. The van der Waals surface area contributed by atoms with Gasteiger partial charge in [-0.05, 0) is 81.2 Å². The van der Waals surface area contributed by atoms with E-state index in [1.54, 1.807) is 26.0 Å². The largest absolute Gasteiger partial charge is 0.480 e. The monoisotopic (exact) mass is 709 g/mol. The van der Waals surface area contributed by atoms with E-state index in [1.165, 1.54) is 16.8 Å². The third-order valence-electron chi connectivity index (χ3n) is 8.24. The Labute approximate surface area is 285 Å². The summed E-state index contributed by atoms with van der Waals surface area (Å²) in [4.78, 5) is 39.4. The van der Waals surface area contributed by atoms with E-state index in [1.807, 2.05) is 24.3 Å². The van der Waals surface area contributed by atoms with Crippen LogP contribution in [0.5, 0.6) is 0 Å². The molecular weight excluding hydrogens is 666 g/mol. The number of likely N-dealkylation sites (tertiary alicyclic amines) is 1. The number of unbranched alkanes of at least 4 members (excludes halogenated alkanes) is 1. The Hall–Kier alpha value is -2.88. The lowest BCUT2D eigenvalue weighted by molar-refractivity contribution is -0.150. The van der Waals surface area contributed by atoms with Crippen molar-refractivity contribution < 1.29 is 32.6 Å². The number of nitrogens with zero attached hydrogens (tertiary/aromatic N) is 1. The topological polar surface area (TPSA) is 166 Å². The molecule has 1 unspecified atom stereocenters. The Morgan fingerprint density at radius 1 is 1.17 bits per heavy atom. The number of fused-ring (bicyclic) bond motifs is 1. The molecule has 2 heterocycles. The highest BCUT2D eigenvalue weighted by molar-refractivity contribution is 7.97. The molecular formula is C32H44ClN5O7S2. The van der Waals surface area contributed by atoms with Crippen LogP contribution in [0.4, 0.5) is 5.69 Å². The van der Waals surface area contributed by atoms with Crippen LogP contribution in [0.3, 0.4) is 0 Å². The van der Waals surface area contributed by atoms with E-state index in [0.717, 1.165) is 41.0 Å². The highest BCUT2D eigenvalue weighted by Gasteiger charge is 2.37. The summed E-state index contributed by atoms with van der Waals surface area (Å²) >= 11 is 7.82. The molecule has 2 aliphatic heterocycles. The number of hydrogen-bond acceptors (Lipinski definition) is 10. The zero-order chi connectivity index (χ0) is 34.1. The minimum Gasteiger partial charge on any atom is -0.480 e. The molecule has 1 saturated heterocycles. The van der Waals surface area contributed by atoms with Crippen LogP contribution in [-0.4, -0.2) is 73.7 Å². The van der Waals surface area contributed by atoms with E-state index in [0.29, 0.717) is 32.2 Å². The number of hydrogen-bond donors (Lipinski definition) is 5. The molecule has 4 atom stereocenters. The van der Waals surface area contributed by atoms with Gasteiger partial charge in [-0.3, -0.25) is 14.9 Å². The van der Waals surface area contributed by atoms with E-state index in [2.05, 4.69) is 27.0 Å². The molecule has 15 heteroatoms. The number of rotatable bonds is 16. The number of aryl methyl sites for hydroxylation is 1. The van der Waals surface area contributed by atoms with Gasteiger partial charge < -0.3 is 20.1 Å². The number of nitrogens with one attached hydrogen (secondary N) is 4. The van der Waals surface area contributed by atoms with E-state index >= 15 is 0 Å². The third-order valence-corrected chi connectivity index (χ3v) is 11.1. The number of ether oxygens (including phenoxy) is 1. The van der Waals surface area contributed by atoms with Gasteiger partial charge in [0, 0.05) is 18.0 Å². The first-order valence-corrected chi connectivity index (χ1v) is 18.7. The normalized spacial score (nSPS) is 19.0. The summed E-state index contributed by atoms with van der Waals surface area (Å²) in [6, 6.07) is 8.14. The fraction of sp³-hybridized carbons (Fsp3) is 0.531. The van der Waals surface area contributed by atoms with Crippen molar-refractivity contribution >= 4 is 57.1 Å². The maximum Gasteiger partial charge on any atom is 0.326 e. The van der Waals surface area contributed by atoms with Gasteiger partial charge in [0.25, 0.3) is 0 Å². The fourth-order valence-electron chi connectivity index (χ4n) is 5.64. The lowest BCUT2D eigenvalue weighted by Gasteiger charge is -2.28. The van der Waals surface area contributed by atoms with Crippen molar-refractivity contribution in [1.29, 1.82) is 0 Å². The lowest BCUT2D eigenvalue weighted by atomic mass is 10.0. The average molecular weight is 710 g/mol. The van der Waals surface area contributed by atoms with Crippen molar-refractivity contribution in [3.63, 3.8) is 0 Å². The first-order chi connectivity index (χ1) is 22.4. The number of benzene rings is 2. The second-order valence-corrected chi connectivity index (χ2v) is 14.8. The van der Waals surface area contributed by atoms with Gasteiger partial charge in [-0.1, -0.05) is 55.6 Å². The molecule has 0 aromatic heterocycles. The summed E-state index contributed by atoms with van der Waals surface area (Å²) in [7, 11) is -3.90. The number of aliphatic carboxylic acids is 1. The van der Waals surface area contributed by atoms with Crippen LogP contribution in [0.15, 0.2) is 46.2 Å². The van der Waals surface area contributed by atoms with Crippen molar-refractivity contribution in [3.8, 4) is 0 Å². The summed E-state index contributed by atoms with van der Waals surface area (Å²) in [5.41, 5.74) is 2.44. The van der Waals surface area contributed by atoms with Crippen molar-refractivity contribution in [3.05, 3.63) is 52.5 Å². The maximum absolute atomic E-state index is 13.2. The smallest absolute Gasteiger partial charge is 0.326 e. The molecule has 1 fully saturated rings. The van der Waals surface area contributed by atoms with E-state index in [4.69, 9.17) is 16.3 Å². The van der Waals surface area contributed by atoms with Crippen LogP contribution < -0.4 is 20.1 Å². The van der Waals surface area contributed by atoms with Crippen LogP contribution >= 0.6 is 23.5 Å². The molecule has 2 aliphatic rings. The van der Waals surface area contributed by atoms with E-state index in [-0.39, 0.29) is 35.1 Å². The summed E-state index contributed by atoms with van der Waals surface area (Å²) in [5, 5.41) is 16.0. The highest BCUT2D eigenvalue weighted by Crippen LogP contribution is 2.37. The number of carbonyl (C=O) groups is 3. The predicted octanol–water partition coefficient (Wildman–Crippen LogP) is 4.28. The van der Waals surface area contributed by atoms with Crippen molar-refractivity contribution in [1.82, 2.24) is 19.7 Å². The van der Waals surface area contributed by atoms with Gasteiger partial charge in [0.1, 0.15) is 17.0 Å². The Morgan fingerprint density at radius 2 is 1.89 bits per heavy atom. The second kappa shape index (κ2) is 17.0. The zero-order valence-electron chi connectivity index (χ0n) is 26.9. The average Bonchev–Trinajstić information content (AvgIpc) is 3.55. The number of carboxylic acids is 1. The highest BCUT2D eigenvalue weighted by atomic mass is 35.5. The van der Waals surface area contributed by atoms with Gasteiger partial charge in [0.2, 0.25) is 15.9 Å². The number of carbonyl (C=O) groups excluding carboxylic acids is 2. The molecule has 2 aromatic rings. The number of anilines is 1. The number of carboxylic acid groups (broad SMARTS) is 1. The van der Waals surface area contributed by atoms with Crippen LogP contribution in [0.1, 0.15) is 70.4 Å². The Bertz CT molecular complexity index is 1530. The molecule has 0 spiro atoms. The van der Waals surface area contributed by atoms with Crippen LogP contribution in [-0.2, 0) is 42.1 Å². The SMILES string of the molecule is CCCCC1NSc2cc(S(=O)(=O)NCc3ccc(CC[C@H](N[C@@H](C)C(=O)N4CCC[C@H]4C(=O)O)C(=O)OCC)cc3)c(Cl)cc2N1. The third kappa shape index (κ3) is 9.83. The second-order valence-electron chi connectivity index (χ2n) is 11.7. The van der Waals surface area contributed by atoms with Crippen molar-refractivity contribution in [2.75, 3.05) is 18.5 Å². The molecule has 0 bridgehead atoms. The predicted molar refractivity (Wildman–Crippen MR) is 182 cm³/mol. The zero-order valence-corrected chi connectivity index (χ0v) is 29.3. The van der Waals surface area contributed by atoms with Crippen LogP contribution in [0.2, 0.25) is 5.02 Å². The fourth-order valence-corrected chi connectivity index (χ4v) is 8.14. The minimum absolute atomic E-state index is 0.00562. The van der Waals surface area contributed by atoms with Crippen molar-refractivity contribution in [2.24, 2.45) is 0 Å². The summed E-state index contributed by atoms with van der Waals surface area (Å²) in [6.45, 7) is 6.05. The quantitative estimate of drug-likeness (QED) is 0.125. The first kappa shape index (κ1) is 36.9. The van der Waals surface area contributed by atoms with Crippen LogP contribution in [0, 0.1) is 0 Å². The number of amides is 1. The van der Waals surface area contributed by atoms with E-state index in [9.17, 15) is 27.9 Å². The molecule has 12 nitrogen and oxygen atoms in total. The molecule has 1 amide bonds. The summed E-state index contributed by atoms with van der Waals surface area (Å²) in [6.07, 6.45) is 5.01. The van der Waals surface area contributed by atoms with Gasteiger partial charge in [-0.15, -0.1) is 0 Å². The molecule has 0 saturated carbocycles. The Morgan fingerprint density at radius 3 is 2.57 bits per heavy atom. The number of sulfonamides is 1. The molecule has 0 aliphatic carbocycles. The Kier molecular flexibility index (Phi) is 13.3. The van der Waals surface area contributed by atoms with Crippen molar-refractivity contribution in [2.45, 2.75) is 106 Å². The van der Waals surface area contributed by atoms with Gasteiger partial charge in [-0.25, -0.2) is 22.7 Å². The standard InChI is InChI=1S/C32H44ClN5O7S2/c1-4-6-9-29-36-25-17-23(33)28(18-27(25)46-37-29)47(43,44)34-19-22-12-10-21(11-13-22)14-15-24(32(42)45-5-2)35-20(3)30(39)38-16-7-8-26(38)31(40)41/h10-13,17-18,20,24,26,29,34-37H,4-9,14-16,19H2,1-3H3,(H,40,41)/t20-,24-,26-,29?/m0/s1. The molecule has 47 heavy (non-hydrogen) atoms. The Balaban J connectivity index is 1.33. The number of esters is 1. The van der Waals surface area contributed by atoms with Gasteiger partial charge in [0.15, 0.2) is 0 Å². The lowest BCUT2D eigenvalue weighted by Crippen LogP contribution is -2.53. The summed E-state index contributed by atoms with van der Waals surface area (Å²) < 4.78 is 37.6. The van der Waals surface area contributed by atoms with E-state index < -0.39 is 40.1 Å². The van der Waals surface area contributed by atoms with Crippen LogP contribution in [0.25, 0.3) is 0 Å². The number of halogens is 1. The molecule has 258 valence electrons.